The summed E-state index contributed by atoms with van der Waals surface area (Å²) in [5.74, 6) is 0. The number of primary amides is 1. The van der Waals surface area contributed by atoms with Gasteiger partial charge in [-0.1, -0.05) is 0 Å². The minimum atomic E-state index is -0.255. The lowest BCUT2D eigenvalue weighted by molar-refractivity contribution is 0.0846. The Bertz CT molecular complexity index is 218. The highest BCUT2D eigenvalue weighted by Gasteiger charge is 2.37. The standard InChI is InChI=1S/C10H19N3O/c11-9(14)13-6-2-4-10(8-13)3-1-5-12-7-10/h12H,1-8H2,(H2,11,14). The van der Waals surface area contributed by atoms with Crippen molar-refractivity contribution in [1.82, 2.24) is 10.2 Å². The maximum absolute atomic E-state index is 11.1. The zero-order chi connectivity index (χ0) is 10.0. The molecule has 14 heavy (non-hydrogen) atoms. The van der Waals surface area contributed by atoms with Gasteiger partial charge >= 0.3 is 6.03 Å². The van der Waals surface area contributed by atoms with E-state index in [1.165, 1.54) is 19.3 Å². The highest BCUT2D eigenvalue weighted by Crippen LogP contribution is 2.35. The fourth-order valence-electron chi connectivity index (χ4n) is 2.77. The molecule has 0 aromatic carbocycles. The topological polar surface area (TPSA) is 58.4 Å². The van der Waals surface area contributed by atoms with E-state index in [2.05, 4.69) is 5.32 Å². The number of amides is 2. The normalized spacial score (nSPS) is 33.3. The molecule has 0 bridgehead atoms. The monoisotopic (exact) mass is 197 g/mol. The molecule has 2 aliphatic rings. The van der Waals surface area contributed by atoms with Crippen LogP contribution in [0.25, 0.3) is 0 Å². The van der Waals surface area contributed by atoms with Gasteiger partial charge in [0.05, 0.1) is 0 Å². The van der Waals surface area contributed by atoms with Gasteiger partial charge in [-0.25, -0.2) is 4.79 Å². The molecule has 1 spiro atoms. The predicted molar refractivity (Wildman–Crippen MR) is 54.9 cm³/mol. The molecule has 2 saturated heterocycles. The number of carbonyl (C=O) groups is 1. The van der Waals surface area contributed by atoms with Gasteiger partial charge in [0.15, 0.2) is 0 Å². The lowest BCUT2D eigenvalue weighted by atomic mass is 9.74. The number of urea groups is 1. The molecular formula is C10H19N3O. The van der Waals surface area contributed by atoms with Crippen molar-refractivity contribution in [1.29, 1.82) is 0 Å². The number of hydrogen-bond donors (Lipinski definition) is 2. The lowest BCUT2D eigenvalue weighted by Gasteiger charge is -2.44. The second kappa shape index (κ2) is 3.77. The number of piperidine rings is 2. The average molecular weight is 197 g/mol. The highest BCUT2D eigenvalue weighted by atomic mass is 16.2. The van der Waals surface area contributed by atoms with Crippen LogP contribution in [0.1, 0.15) is 25.7 Å². The third-order valence-electron chi connectivity index (χ3n) is 3.53. The van der Waals surface area contributed by atoms with E-state index in [9.17, 15) is 4.79 Å². The van der Waals surface area contributed by atoms with Crippen LogP contribution in [-0.2, 0) is 0 Å². The Kier molecular flexibility index (Phi) is 2.63. The van der Waals surface area contributed by atoms with Gasteiger partial charge in [0.2, 0.25) is 0 Å². The third kappa shape index (κ3) is 1.85. The van der Waals surface area contributed by atoms with Crippen LogP contribution in [0.2, 0.25) is 0 Å². The summed E-state index contributed by atoms with van der Waals surface area (Å²) in [6.45, 7) is 3.88. The Morgan fingerprint density at radius 2 is 2.14 bits per heavy atom. The number of nitrogens with two attached hydrogens (primary N) is 1. The van der Waals surface area contributed by atoms with E-state index >= 15 is 0 Å². The second-order valence-electron chi connectivity index (χ2n) is 4.64. The van der Waals surface area contributed by atoms with Gasteiger partial charge in [-0.2, -0.15) is 0 Å². The summed E-state index contributed by atoms with van der Waals surface area (Å²) in [7, 11) is 0. The van der Waals surface area contributed by atoms with Crippen molar-refractivity contribution < 1.29 is 4.79 Å². The quantitative estimate of drug-likeness (QED) is 0.595. The molecule has 4 nitrogen and oxygen atoms in total. The minimum absolute atomic E-state index is 0.255. The number of rotatable bonds is 0. The minimum Gasteiger partial charge on any atom is -0.351 e. The molecule has 0 radical (unpaired) electrons. The van der Waals surface area contributed by atoms with Crippen molar-refractivity contribution in [2.24, 2.45) is 11.1 Å². The van der Waals surface area contributed by atoms with Gasteiger partial charge in [-0.3, -0.25) is 0 Å². The SMILES string of the molecule is NC(=O)N1CCCC2(CCCNC2)C1. The molecular weight excluding hydrogens is 178 g/mol. The van der Waals surface area contributed by atoms with Crippen LogP contribution in [0.5, 0.6) is 0 Å². The smallest absolute Gasteiger partial charge is 0.314 e. The Balaban J connectivity index is 2.01. The molecule has 0 aromatic rings. The zero-order valence-corrected chi connectivity index (χ0v) is 8.59. The molecule has 2 rings (SSSR count). The van der Waals surface area contributed by atoms with Crippen LogP contribution in [0.3, 0.4) is 0 Å². The predicted octanol–water partition coefficient (Wildman–Crippen LogP) is 0.531. The van der Waals surface area contributed by atoms with E-state index in [0.717, 1.165) is 32.6 Å². The molecule has 3 N–H and O–H groups in total. The van der Waals surface area contributed by atoms with Crippen LogP contribution in [0.4, 0.5) is 4.79 Å². The zero-order valence-electron chi connectivity index (χ0n) is 8.59. The first-order valence-corrected chi connectivity index (χ1v) is 5.47. The van der Waals surface area contributed by atoms with Gasteiger partial charge < -0.3 is 16.0 Å². The number of nitrogens with zero attached hydrogens (tertiary/aromatic N) is 1. The van der Waals surface area contributed by atoms with Crippen LogP contribution >= 0.6 is 0 Å². The van der Waals surface area contributed by atoms with Crippen molar-refractivity contribution in [2.45, 2.75) is 25.7 Å². The largest absolute Gasteiger partial charge is 0.351 e. The summed E-state index contributed by atoms with van der Waals surface area (Å²) in [5.41, 5.74) is 5.65. The van der Waals surface area contributed by atoms with Gasteiger partial charge in [0.1, 0.15) is 0 Å². The molecule has 2 fully saturated rings. The van der Waals surface area contributed by atoms with Gasteiger partial charge in [0, 0.05) is 25.0 Å². The summed E-state index contributed by atoms with van der Waals surface area (Å²) in [5, 5.41) is 3.43. The summed E-state index contributed by atoms with van der Waals surface area (Å²) in [4.78, 5) is 12.9. The highest BCUT2D eigenvalue weighted by molar-refractivity contribution is 5.72. The number of likely N-dealkylation sites (tertiary alicyclic amines) is 1. The fourth-order valence-corrected chi connectivity index (χ4v) is 2.77. The first kappa shape index (κ1) is 9.77. The van der Waals surface area contributed by atoms with Crippen molar-refractivity contribution in [3.63, 3.8) is 0 Å². The average Bonchev–Trinajstić information content (AvgIpc) is 2.19. The fraction of sp³-hybridized carbons (Fsp3) is 0.900. The van der Waals surface area contributed by atoms with E-state index in [1.54, 1.807) is 4.90 Å². The molecule has 2 amide bonds. The maximum atomic E-state index is 11.1. The molecule has 0 aromatic heterocycles. The van der Waals surface area contributed by atoms with Crippen molar-refractivity contribution in [3.8, 4) is 0 Å². The van der Waals surface area contributed by atoms with E-state index in [0.29, 0.717) is 5.41 Å². The van der Waals surface area contributed by atoms with E-state index in [-0.39, 0.29) is 6.03 Å². The van der Waals surface area contributed by atoms with Crippen molar-refractivity contribution >= 4 is 6.03 Å². The molecule has 80 valence electrons. The number of carbonyl (C=O) groups excluding carboxylic acids is 1. The van der Waals surface area contributed by atoms with Crippen molar-refractivity contribution in [2.75, 3.05) is 26.2 Å². The Morgan fingerprint density at radius 3 is 2.79 bits per heavy atom. The van der Waals surface area contributed by atoms with E-state index in [1.807, 2.05) is 0 Å². The molecule has 1 atom stereocenters. The molecule has 2 aliphatic heterocycles. The lowest BCUT2D eigenvalue weighted by Crippen LogP contribution is -2.53. The van der Waals surface area contributed by atoms with E-state index in [4.69, 9.17) is 5.73 Å². The summed E-state index contributed by atoms with van der Waals surface area (Å²) in [6, 6.07) is -0.255. The molecule has 4 heteroatoms. The Labute approximate surface area is 84.8 Å². The summed E-state index contributed by atoms with van der Waals surface area (Å²) in [6.07, 6.45) is 4.81. The Morgan fingerprint density at radius 1 is 1.36 bits per heavy atom. The van der Waals surface area contributed by atoms with Crippen molar-refractivity contribution in [3.05, 3.63) is 0 Å². The summed E-state index contributed by atoms with van der Waals surface area (Å²) >= 11 is 0. The van der Waals surface area contributed by atoms with Crippen LogP contribution in [0.15, 0.2) is 0 Å². The van der Waals surface area contributed by atoms with Crippen LogP contribution in [-0.4, -0.2) is 37.1 Å². The van der Waals surface area contributed by atoms with E-state index < -0.39 is 0 Å². The first-order valence-electron chi connectivity index (χ1n) is 5.47. The van der Waals surface area contributed by atoms with Crippen LogP contribution in [0, 0.1) is 5.41 Å². The number of nitrogens with one attached hydrogen (secondary N) is 1. The Hall–Kier alpha value is -0.770. The number of hydrogen-bond acceptors (Lipinski definition) is 2. The van der Waals surface area contributed by atoms with Gasteiger partial charge in [-0.05, 0) is 32.2 Å². The molecule has 0 aliphatic carbocycles. The van der Waals surface area contributed by atoms with Gasteiger partial charge in [0.25, 0.3) is 0 Å². The van der Waals surface area contributed by atoms with Gasteiger partial charge in [-0.15, -0.1) is 0 Å². The summed E-state index contributed by atoms with van der Waals surface area (Å²) < 4.78 is 0. The molecule has 0 saturated carbocycles. The molecule has 1 unspecified atom stereocenters. The molecule has 2 heterocycles. The first-order chi connectivity index (χ1) is 6.72. The third-order valence-corrected chi connectivity index (χ3v) is 3.53. The second-order valence-corrected chi connectivity index (χ2v) is 4.64. The van der Waals surface area contributed by atoms with Crippen LogP contribution < -0.4 is 11.1 Å². The maximum Gasteiger partial charge on any atom is 0.314 e.